The molecule has 1 unspecified atom stereocenters. The van der Waals surface area contributed by atoms with Crippen LogP contribution in [-0.4, -0.2) is 69.8 Å². The molecule has 0 saturated carbocycles. The predicted molar refractivity (Wildman–Crippen MR) is 132 cm³/mol. The largest absolute Gasteiger partial charge is 0.481 e. The van der Waals surface area contributed by atoms with E-state index in [2.05, 4.69) is 5.32 Å². The predicted octanol–water partition coefficient (Wildman–Crippen LogP) is 3.42. The quantitative estimate of drug-likeness (QED) is 0.349. The first-order valence-corrected chi connectivity index (χ1v) is 11.7. The molecule has 0 saturated heterocycles. The number of anilines is 1. The Labute approximate surface area is 211 Å². The highest BCUT2D eigenvalue weighted by Crippen LogP contribution is 2.22. The highest BCUT2D eigenvalue weighted by Gasteiger charge is 2.27. The summed E-state index contributed by atoms with van der Waals surface area (Å²) in [6.45, 7) is 9.87. The summed E-state index contributed by atoms with van der Waals surface area (Å²) in [7, 11) is 0. The molecule has 0 aliphatic heterocycles. The number of hydrogen-bond acceptors (Lipinski definition) is 7. The molecule has 11 nitrogen and oxygen atoms in total. The lowest BCUT2D eigenvalue weighted by Crippen LogP contribution is -2.43. The Morgan fingerprint density at radius 3 is 1.89 bits per heavy atom. The van der Waals surface area contributed by atoms with Crippen LogP contribution >= 0.6 is 0 Å². The number of aliphatic carboxylic acids is 2. The zero-order valence-corrected chi connectivity index (χ0v) is 21.7. The van der Waals surface area contributed by atoms with Crippen LogP contribution in [0, 0.1) is 5.92 Å². The van der Waals surface area contributed by atoms with E-state index in [1.165, 1.54) is 4.90 Å². The Balaban J connectivity index is 2.88. The monoisotopic (exact) mass is 510 g/mol. The molecule has 0 radical (unpaired) electrons. The number of amides is 2. The van der Waals surface area contributed by atoms with Crippen molar-refractivity contribution in [2.75, 3.05) is 18.1 Å². The zero-order valence-electron chi connectivity index (χ0n) is 21.7. The van der Waals surface area contributed by atoms with Gasteiger partial charge in [0.15, 0.2) is 0 Å². The Hall–Kier alpha value is -3.34. The minimum Gasteiger partial charge on any atom is -0.481 e. The van der Waals surface area contributed by atoms with Crippen molar-refractivity contribution in [3.8, 4) is 0 Å². The van der Waals surface area contributed by atoms with Crippen LogP contribution in [0.5, 0.6) is 0 Å². The van der Waals surface area contributed by atoms with Crippen LogP contribution in [0.1, 0.15) is 59.9 Å². The molecule has 2 atom stereocenters. The summed E-state index contributed by atoms with van der Waals surface area (Å²) in [6.07, 6.45) is -1.51. The first-order chi connectivity index (χ1) is 16.5. The van der Waals surface area contributed by atoms with Gasteiger partial charge in [-0.1, -0.05) is 12.1 Å². The number of benzene rings is 1. The summed E-state index contributed by atoms with van der Waals surface area (Å²) >= 11 is 0. The molecular formula is C25H38N2O9. The lowest BCUT2D eigenvalue weighted by Gasteiger charge is -2.27. The normalized spacial score (nSPS) is 13.3. The van der Waals surface area contributed by atoms with Crippen molar-refractivity contribution in [2.45, 2.75) is 78.0 Å². The van der Waals surface area contributed by atoms with Gasteiger partial charge in [0.05, 0.1) is 19.1 Å². The van der Waals surface area contributed by atoms with Gasteiger partial charge < -0.3 is 30.1 Å². The van der Waals surface area contributed by atoms with Crippen LogP contribution in [-0.2, 0) is 25.5 Å². The van der Waals surface area contributed by atoms with Crippen molar-refractivity contribution in [1.82, 2.24) is 5.32 Å². The smallest absolute Gasteiger partial charge is 0.414 e. The molecule has 0 aromatic heterocycles. The third-order valence-corrected chi connectivity index (χ3v) is 4.81. The average molecular weight is 511 g/mol. The maximum atomic E-state index is 12.5. The Bertz CT molecular complexity index is 902. The van der Waals surface area contributed by atoms with Crippen molar-refractivity contribution in [1.29, 1.82) is 0 Å². The van der Waals surface area contributed by atoms with E-state index in [-0.39, 0.29) is 32.4 Å². The number of hydrogen-bond donors (Lipinski definition) is 4. The number of aliphatic hydroxyl groups is 1. The van der Waals surface area contributed by atoms with Crippen LogP contribution in [0.15, 0.2) is 24.3 Å². The fraction of sp³-hybridized carbons (Fsp3) is 0.600. The fourth-order valence-electron chi connectivity index (χ4n) is 3.23. The minimum absolute atomic E-state index is 0.00159. The molecular weight excluding hydrogens is 472 g/mol. The van der Waals surface area contributed by atoms with Crippen molar-refractivity contribution < 1.29 is 44.0 Å². The number of carboxylic acid groups (broad SMARTS) is 2. The number of carbonyl (C=O) groups is 4. The summed E-state index contributed by atoms with van der Waals surface area (Å²) in [6, 6.07) is 5.27. The fourth-order valence-corrected chi connectivity index (χ4v) is 3.23. The van der Waals surface area contributed by atoms with Crippen molar-refractivity contribution in [2.24, 2.45) is 5.92 Å². The van der Waals surface area contributed by atoms with Gasteiger partial charge in [0.25, 0.3) is 0 Å². The first kappa shape index (κ1) is 30.7. The maximum Gasteiger partial charge on any atom is 0.414 e. The summed E-state index contributed by atoms with van der Waals surface area (Å²) in [5, 5.41) is 30.7. The van der Waals surface area contributed by atoms with Crippen LogP contribution in [0.3, 0.4) is 0 Å². The van der Waals surface area contributed by atoms with Gasteiger partial charge >= 0.3 is 24.1 Å². The number of carboxylic acids is 2. The molecule has 0 aliphatic carbocycles. The van der Waals surface area contributed by atoms with Crippen molar-refractivity contribution in [3.05, 3.63) is 29.8 Å². The number of carbonyl (C=O) groups excluding carboxylic acids is 2. The highest BCUT2D eigenvalue weighted by atomic mass is 16.6. The maximum absolute atomic E-state index is 12.5. The van der Waals surface area contributed by atoms with Gasteiger partial charge in [0.1, 0.15) is 17.2 Å². The molecule has 0 heterocycles. The number of nitrogens with zero attached hydrogens (tertiary/aromatic N) is 1. The molecule has 0 fully saturated rings. The standard InChI is InChI=1S/C25H38N2O9/c1-24(2,3)35-22(33)26-19(21(31)32)12-9-17(20(29)30)15-16-7-10-18(11-8-16)27(13-14-28)23(34)36-25(4,5)6/h7-8,10-11,17,19,28H,9,12-15H2,1-6H3,(H,26,33)(H,29,30)(H,31,32)/t17?,19-/m0/s1. The summed E-state index contributed by atoms with van der Waals surface area (Å²) in [5.74, 6) is -3.30. The highest BCUT2D eigenvalue weighted by molar-refractivity contribution is 5.88. The van der Waals surface area contributed by atoms with E-state index in [1.807, 2.05) is 0 Å². The lowest BCUT2D eigenvalue weighted by atomic mass is 9.93. The summed E-state index contributed by atoms with van der Waals surface area (Å²) < 4.78 is 10.4. The van der Waals surface area contributed by atoms with E-state index in [9.17, 15) is 34.5 Å². The molecule has 1 rings (SSSR count). The Kier molecular flexibility index (Phi) is 11.2. The topological polar surface area (TPSA) is 163 Å². The molecule has 4 N–H and O–H groups in total. The Morgan fingerprint density at radius 1 is 0.889 bits per heavy atom. The second-order valence-corrected chi connectivity index (χ2v) is 10.4. The van der Waals surface area contributed by atoms with Crippen LogP contribution in [0.2, 0.25) is 0 Å². The molecule has 36 heavy (non-hydrogen) atoms. The van der Waals surface area contributed by atoms with E-state index in [4.69, 9.17) is 9.47 Å². The van der Waals surface area contributed by atoms with E-state index in [1.54, 1.807) is 65.8 Å². The van der Waals surface area contributed by atoms with Gasteiger partial charge in [-0.3, -0.25) is 9.69 Å². The molecule has 0 bridgehead atoms. The number of aliphatic hydroxyl groups excluding tert-OH is 1. The first-order valence-electron chi connectivity index (χ1n) is 11.7. The van der Waals surface area contributed by atoms with Crippen LogP contribution in [0.4, 0.5) is 15.3 Å². The molecule has 1 aromatic carbocycles. The number of nitrogens with one attached hydrogen (secondary N) is 1. The second kappa shape index (κ2) is 13.1. The van der Waals surface area contributed by atoms with Gasteiger partial charge in [-0.15, -0.1) is 0 Å². The Morgan fingerprint density at radius 2 is 1.44 bits per heavy atom. The molecule has 11 heteroatoms. The lowest BCUT2D eigenvalue weighted by molar-refractivity contribution is -0.143. The summed E-state index contributed by atoms with van der Waals surface area (Å²) in [5.41, 5.74) is -0.391. The minimum atomic E-state index is -1.30. The molecule has 202 valence electrons. The SMILES string of the molecule is CC(C)(C)OC(=O)N[C@@H](CCC(Cc1ccc(N(CCO)C(=O)OC(C)(C)C)cc1)C(=O)O)C(=O)O. The van der Waals surface area contributed by atoms with Gasteiger partial charge in [0.2, 0.25) is 0 Å². The summed E-state index contributed by atoms with van der Waals surface area (Å²) in [4.78, 5) is 49.1. The number of rotatable bonds is 11. The molecule has 0 aliphatic rings. The third-order valence-electron chi connectivity index (χ3n) is 4.81. The van der Waals surface area contributed by atoms with E-state index in [0.717, 1.165) is 0 Å². The molecule has 2 amide bonds. The van der Waals surface area contributed by atoms with E-state index in [0.29, 0.717) is 11.3 Å². The van der Waals surface area contributed by atoms with Gasteiger partial charge in [-0.05, 0) is 78.5 Å². The van der Waals surface area contributed by atoms with Gasteiger partial charge in [-0.25, -0.2) is 14.4 Å². The van der Waals surface area contributed by atoms with Crippen molar-refractivity contribution >= 4 is 29.8 Å². The van der Waals surface area contributed by atoms with Crippen molar-refractivity contribution in [3.63, 3.8) is 0 Å². The van der Waals surface area contributed by atoms with Gasteiger partial charge in [0, 0.05) is 5.69 Å². The molecule has 1 aromatic rings. The van der Waals surface area contributed by atoms with Crippen LogP contribution < -0.4 is 10.2 Å². The average Bonchev–Trinajstić information content (AvgIpc) is 2.71. The van der Waals surface area contributed by atoms with Gasteiger partial charge in [-0.2, -0.15) is 0 Å². The second-order valence-electron chi connectivity index (χ2n) is 10.4. The molecule has 0 spiro atoms. The van der Waals surface area contributed by atoms with Crippen LogP contribution in [0.25, 0.3) is 0 Å². The third kappa shape index (κ3) is 11.4. The van der Waals surface area contributed by atoms with E-state index >= 15 is 0 Å². The zero-order chi connectivity index (χ0) is 27.7. The van der Waals surface area contributed by atoms with E-state index < -0.39 is 47.3 Å². The number of ether oxygens (including phenoxy) is 2. The number of alkyl carbamates (subject to hydrolysis) is 1.